The first-order valence-corrected chi connectivity index (χ1v) is 8.70. The van der Waals surface area contributed by atoms with E-state index in [9.17, 15) is 13.2 Å². The van der Waals surface area contributed by atoms with E-state index < -0.39 is 16.0 Å². The van der Waals surface area contributed by atoms with Gasteiger partial charge in [-0.1, -0.05) is 12.1 Å². The van der Waals surface area contributed by atoms with Gasteiger partial charge in [-0.15, -0.1) is 0 Å². The van der Waals surface area contributed by atoms with Crippen LogP contribution in [0.25, 0.3) is 0 Å². The Bertz CT molecular complexity index is 812. The predicted octanol–water partition coefficient (Wildman–Crippen LogP) is 2.19. The average molecular weight is 337 g/mol. The fraction of sp³-hybridized carbons (Fsp3) is 0.333. The average Bonchev–Trinajstić information content (AvgIpc) is 2.90. The maximum atomic E-state index is 12.6. The number of benzene rings is 1. The molecule has 124 valence electrons. The zero-order valence-corrected chi connectivity index (χ0v) is 14.1. The minimum absolute atomic E-state index is 0.0815. The van der Waals surface area contributed by atoms with Gasteiger partial charge in [-0.2, -0.15) is 5.10 Å². The maximum Gasteiger partial charge on any atom is 0.340 e. The fourth-order valence-corrected chi connectivity index (χ4v) is 3.35. The van der Waals surface area contributed by atoms with Crippen molar-refractivity contribution in [2.45, 2.75) is 32.2 Å². The molecule has 8 heteroatoms. The number of ether oxygens (including phenoxy) is 1. The van der Waals surface area contributed by atoms with Gasteiger partial charge >= 0.3 is 5.97 Å². The van der Waals surface area contributed by atoms with Crippen LogP contribution in [0.4, 0.5) is 5.69 Å². The van der Waals surface area contributed by atoms with E-state index in [0.29, 0.717) is 12.2 Å². The molecule has 0 aliphatic carbocycles. The van der Waals surface area contributed by atoms with Crippen molar-refractivity contribution in [2.75, 3.05) is 11.3 Å². The van der Waals surface area contributed by atoms with Crippen molar-refractivity contribution in [1.82, 2.24) is 9.78 Å². The van der Waals surface area contributed by atoms with Gasteiger partial charge in [0.05, 0.1) is 23.6 Å². The lowest BCUT2D eigenvalue weighted by atomic mass is 10.2. The number of hydrogen-bond acceptors (Lipinski definition) is 5. The summed E-state index contributed by atoms with van der Waals surface area (Å²) in [7, 11) is -3.85. The van der Waals surface area contributed by atoms with E-state index in [1.807, 2.05) is 6.92 Å². The van der Waals surface area contributed by atoms with Crippen molar-refractivity contribution in [3.63, 3.8) is 0 Å². The van der Waals surface area contributed by atoms with Crippen LogP contribution in [0, 0.1) is 6.92 Å². The first-order valence-electron chi connectivity index (χ1n) is 7.22. The second-order valence-corrected chi connectivity index (χ2v) is 6.46. The summed E-state index contributed by atoms with van der Waals surface area (Å²) in [5.41, 5.74) is 0.737. The van der Waals surface area contributed by atoms with Crippen molar-refractivity contribution in [2.24, 2.45) is 0 Å². The van der Waals surface area contributed by atoms with Crippen LogP contribution in [0.15, 0.2) is 35.4 Å². The standard InChI is InChI=1S/C15H19N3O4S/c1-4-18-10-14(11(3)16-18)23(20,21)17-13-9-7-6-8-12(13)15(19)22-5-2/h6-10,17H,4-5H2,1-3H3. The van der Waals surface area contributed by atoms with E-state index in [1.165, 1.54) is 18.3 Å². The highest BCUT2D eigenvalue weighted by Crippen LogP contribution is 2.22. The van der Waals surface area contributed by atoms with Gasteiger partial charge in [0.15, 0.2) is 0 Å². The Kier molecular flexibility index (Phi) is 5.05. The van der Waals surface area contributed by atoms with Crippen LogP contribution in [0.1, 0.15) is 29.9 Å². The van der Waals surface area contributed by atoms with Crippen molar-refractivity contribution in [1.29, 1.82) is 0 Å². The Morgan fingerprint density at radius 2 is 2.00 bits per heavy atom. The minimum Gasteiger partial charge on any atom is -0.462 e. The monoisotopic (exact) mass is 337 g/mol. The van der Waals surface area contributed by atoms with Crippen LogP contribution in [0.5, 0.6) is 0 Å². The second kappa shape index (κ2) is 6.82. The smallest absolute Gasteiger partial charge is 0.340 e. The molecule has 0 bridgehead atoms. The predicted molar refractivity (Wildman–Crippen MR) is 85.8 cm³/mol. The molecular weight excluding hydrogens is 318 g/mol. The van der Waals surface area contributed by atoms with Crippen molar-refractivity contribution < 1.29 is 17.9 Å². The third-order valence-electron chi connectivity index (χ3n) is 3.18. The van der Waals surface area contributed by atoms with Gasteiger partial charge in [0.1, 0.15) is 4.90 Å². The molecule has 0 amide bonds. The van der Waals surface area contributed by atoms with E-state index in [-0.39, 0.29) is 22.8 Å². The lowest BCUT2D eigenvalue weighted by molar-refractivity contribution is 0.0527. The minimum atomic E-state index is -3.85. The molecule has 1 aromatic carbocycles. The number of sulfonamides is 1. The summed E-state index contributed by atoms with van der Waals surface area (Å²) in [5.74, 6) is -0.577. The molecule has 2 rings (SSSR count). The van der Waals surface area contributed by atoms with Gasteiger partial charge in [-0.05, 0) is 32.9 Å². The van der Waals surface area contributed by atoms with Crippen LogP contribution >= 0.6 is 0 Å². The van der Waals surface area contributed by atoms with E-state index in [2.05, 4.69) is 9.82 Å². The number of esters is 1. The third-order valence-corrected chi connectivity index (χ3v) is 4.65. The Labute approximate surface area is 135 Å². The van der Waals surface area contributed by atoms with Crippen LogP contribution in [0.2, 0.25) is 0 Å². The van der Waals surface area contributed by atoms with Crippen molar-refractivity contribution in [3.8, 4) is 0 Å². The summed E-state index contributed by atoms with van der Waals surface area (Å²) in [6.45, 7) is 5.95. The normalized spacial score (nSPS) is 11.3. The molecule has 1 N–H and O–H groups in total. The summed E-state index contributed by atoms with van der Waals surface area (Å²) in [5, 5.41) is 4.13. The molecule has 0 atom stereocenters. The van der Waals surface area contributed by atoms with Gasteiger partial charge in [-0.25, -0.2) is 13.2 Å². The highest BCUT2D eigenvalue weighted by molar-refractivity contribution is 7.92. The molecule has 0 aliphatic rings. The quantitative estimate of drug-likeness (QED) is 0.816. The van der Waals surface area contributed by atoms with E-state index in [0.717, 1.165) is 0 Å². The first-order chi connectivity index (χ1) is 10.9. The maximum absolute atomic E-state index is 12.6. The molecule has 1 heterocycles. The molecule has 1 aromatic heterocycles. The number of rotatable bonds is 6. The molecule has 0 saturated carbocycles. The topological polar surface area (TPSA) is 90.3 Å². The van der Waals surface area contributed by atoms with Gasteiger partial charge < -0.3 is 4.74 Å². The number of nitrogens with zero attached hydrogens (tertiary/aromatic N) is 2. The zero-order chi connectivity index (χ0) is 17.0. The van der Waals surface area contributed by atoms with Crippen LogP contribution in [-0.2, 0) is 21.3 Å². The number of nitrogens with one attached hydrogen (secondary N) is 1. The molecule has 0 radical (unpaired) electrons. The number of aromatic nitrogens is 2. The van der Waals surface area contributed by atoms with Gasteiger partial charge in [0.2, 0.25) is 0 Å². The van der Waals surface area contributed by atoms with Gasteiger partial charge in [0, 0.05) is 12.7 Å². The van der Waals surface area contributed by atoms with E-state index in [4.69, 9.17) is 4.74 Å². The molecule has 0 unspecified atom stereocenters. The highest BCUT2D eigenvalue weighted by Gasteiger charge is 2.23. The SMILES string of the molecule is CCOC(=O)c1ccccc1NS(=O)(=O)c1cn(CC)nc1C. The van der Waals surface area contributed by atoms with Crippen LogP contribution < -0.4 is 4.72 Å². The summed E-state index contributed by atoms with van der Waals surface area (Å²) < 4.78 is 34.1. The lowest BCUT2D eigenvalue weighted by Crippen LogP contribution is -2.16. The van der Waals surface area contributed by atoms with Gasteiger partial charge in [0.25, 0.3) is 10.0 Å². The van der Waals surface area contributed by atoms with Crippen molar-refractivity contribution in [3.05, 3.63) is 41.7 Å². The van der Waals surface area contributed by atoms with Crippen molar-refractivity contribution >= 4 is 21.7 Å². The summed E-state index contributed by atoms with van der Waals surface area (Å²) in [6, 6.07) is 6.31. The molecule has 2 aromatic rings. The largest absolute Gasteiger partial charge is 0.462 e. The van der Waals surface area contributed by atoms with Crippen LogP contribution in [-0.4, -0.2) is 30.8 Å². The number of hydrogen-bond donors (Lipinski definition) is 1. The summed E-state index contributed by atoms with van der Waals surface area (Å²) in [6.07, 6.45) is 1.46. The molecule has 0 aliphatic heterocycles. The molecule has 0 fully saturated rings. The zero-order valence-electron chi connectivity index (χ0n) is 13.2. The summed E-state index contributed by atoms with van der Waals surface area (Å²) >= 11 is 0. The van der Waals surface area contributed by atoms with Crippen LogP contribution in [0.3, 0.4) is 0 Å². The number of para-hydroxylation sites is 1. The number of anilines is 1. The lowest BCUT2D eigenvalue weighted by Gasteiger charge is -2.11. The Balaban J connectivity index is 2.38. The highest BCUT2D eigenvalue weighted by atomic mass is 32.2. The van der Waals surface area contributed by atoms with E-state index in [1.54, 1.807) is 30.7 Å². The first kappa shape index (κ1) is 17.0. The molecule has 0 saturated heterocycles. The number of carbonyl (C=O) groups is 1. The second-order valence-electron chi connectivity index (χ2n) is 4.81. The molecule has 23 heavy (non-hydrogen) atoms. The Morgan fingerprint density at radius 1 is 1.30 bits per heavy atom. The number of aryl methyl sites for hydroxylation is 2. The fourth-order valence-electron chi connectivity index (χ4n) is 2.08. The molecule has 0 spiro atoms. The van der Waals surface area contributed by atoms with Gasteiger partial charge in [-0.3, -0.25) is 9.40 Å². The Hall–Kier alpha value is -2.35. The molecule has 7 nitrogen and oxygen atoms in total. The summed E-state index contributed by atoms with van der Waals surface area (Å²) in [4.78, 5) is 12.0. The Morgan fingerprint density at radius 3 is 2.61 bits per heavy atom. The number of carbonyl (C=O) groups excluding carboxylic acids is 1. The third kappa shape index (κ3) is 3.70. The molecular formula is C15H19N3O4S. The van der Waals surface area contributed by atoms with E-state index >= 15 is 0 Å².